The van der Waals surface area contributed by atoms with Gasteiger partial charge in [-0.05, 0) is 75.7 Å². The lowest BCUT2D eigenvalue weighted by molar-refractivity contribution is -0.127. The largest absolute Gasteiger partial charge is 0.338 e. The zero-order valence-corrected chi connectivity index (χ0v) is 19.2. The first-order valence-electron chi connectivity index (χ1n) is 10.9. The number of H-pyrrole nitrogens is 1. The monoisotopic (exact) mass is 435 g/mol. The zero-order valence-electron chi connectivity index (χ0n) is 18.3. The fraction of sp³-hybridized carbons (Fsp3) is 0.375. The summed E-state index contributed by atoms with van der Waals surface area (Å²) in [6.45, 7) is 8.48. The van der Waals surface area contributed by atoms with Crippen LogP contribution in [-0.4, -0.2) is 43.2 Å². The number of benzene rings is 1. The normalized spacial score (nSPS) is 16.9. The molecule has 1 aromatic carbocycles. The highest BCUT2D eigenvalue weighted by Crippen LogP contribution is 2.26. The topological polar surface area (TPSA) is 58.9 Å². The molecule has 162 valence electrons. The van der Waals surface area contributed by atoms with Crippen LogP contribution in [0, 0.1) is 18.6 Å². The molecule has 1 saturated heterocycles. The number of para-hydroxylation sites is 1. The molecule has 6 nitrogen and oxygen atoms in total. The first-order valence-corrected chi connectivity index (χ1v) is 11.3. The number of piperidine rings is 1. The molecule has 0 saturated carbocycles. The van der Waals surface area contributed by atoms with Gasteiger partial charge in [-0.1, -0.05) is 18.2 Å². The van der Waals surface area contributed by atoms with Crippen molar-refractivity contribution in [3.63, 3.8) is 0 Å². The molecule has 0 aliphatic carbocycles. The average molecular weight is 436 g/mol. The molecular formula is C24H29N5OS. The summed E-state index contributed by atoms with van der Waals surface area (Å²) in [5.41, 5.74) is 4.47. The van der Waals surface area contributed by atoms with Crippen molar-refractivity contribution in [2.24, 2.45) is 0 Å². The van der Waals surface area contributed by atoms with E-state index in [2.05, 4.69) is 53.7 Å². The number of amides is 1. The summed E-state index contributed by atoms with van der Waals surface area (Å²) in [4.78, 5) is 14.9. The Morgan fingerprint density at radius 2 is 2.06 bits per heavy atom. The smallest absolute Gasteiger partial charge is 0.246 e. The summed E-state index contributed by atoms with van der Waals surface area (Å²) in [6, 6.07) is 12.4. The summed E-state index contributed by atoms with van der Waals surface area (Å²) in [5, 5.41) is 7.34. The third-order valence-corrected chi connectivity index (χ3v) is 6.40. The van der Waals surface area contributed by atoms with Gasteiger partial charge in [-0.2, -0.15) is 5.10 Å². The minimum absolute atomic E-state index is 0.0476. The van der Waals surface area contributed by atoms with Gasteiger partial charge in [0.2, 0.25) is 5.91 Å². The van der Waals surface area contributed by atoms with Crippen LogP contribution in [-0.2, 0) is 11.3 Å². The van der Waals surface area contributed by atoms with E-state index < -0.39 is 0 Å². The molecule has 0 bridgehead atoms. The number of likely N-dealkylation sites (tertiary alicyclic amines) is 1. The van der Waals surface area contributed by atoms with Crippen LogP contribution in [0.2, 0.25) is 0 Å². The van der Waals surface area contributed by atoms with Crippen LogP contribution >= 0.6 is 12.2 Å². The van der Waals surface area contributed by atoms with Crippen LogP contribution in [0.25, 0.3) is 11.8 Å². The number of carbonyl (C=O) groups is 1. The predicted octanol–water partition coefficient (Wildman–Crippen LogP) is 4.79. The van der Waals surface area contributed by atoms with Gasteiger partial charge in [-0.3, -0.25) is 9.89 Å². The van der Waals surface area contributed by atoms with E-state index in [1.807, 2.05) is 33.7 Å². The van der Waals surface area contributed by atoms with Gasteiger partial charge in [0.25, 0.3) is 0 Å². The molecule has 1 aliphatic rings. The minimum atomic E-state index is 0.0476. The highest BCUT2D eigenvalue weighted by molar-refractivity contribution is 7.71. The fourth-order valence-electron chi connectivity index (χ4n) is 4.53. The van der Waals surface area contributed by atoms with E-state index in [1.54, 1.807) is 6.08 Å². The van der Waals surface area contributed by atoms with E-state index in [0.717, 1.165) is 54.4 Å². The summed E-state index contributed by atoms with van der Waals surface area (Å²) in [5.74, 6) is 1.22. The molecule has 7 heteroatoms. The Kier molecular flexibility index (Phi) is 6.23. The number of carbonyl (C=O) groups excluding carboxylic acids is 1. The highest BCUT2D eigenvalue weighted by Gasteiger charge is 2.27. The van der Waals surface area contributed by atoms with Gasteiger partial charge in [0.15, 0.2) is 4.77 Å². The SMILES string of the molecule is CCn1c(C2CCCN(C(=O)/C=C/c3cc(C)n(-c4ccccc4)c3C)C2)n[nH]c1=S. The lowest BCUT2D eigenvalue weighted by Gasteiger charge is -2.31. The second-order valence-electron chi connectivity index (χ2n) is 8.09. The Labute approximate surface area is 188 Å². The Bertz CT molecular complexity index is 1150. The quantitative estimate of drug-likeness (QED) is 0.463. The first kappa shape index (κ1) is 21.3. The Morgan fingerprint density at radius 3 is 2.81 bits per heavy atom. The number of hydrogen-bond donors (Lipinski definition) is 1. The summed E-state index contributed by atoms with van der Waals surface area (Å²) < 4.78 is 4.89. The second kappa shape index (κ2) is 9.06. The Balaban J connectivity index is 1.50. The number of hydrogen-bond acceptors (Lipinski definition) is 3. The zero-order chi connectivity index (χ0) is 22.0. The van der Waals surface area contributed by atoms with Crippen molar-refractivity contribution < 1.29 is 4.79 Å². The highest BCUT2D eigenvalue weighted by atomic mass is 32.1. The van der Waals surface area contributed by atoms with Crippen LogP contribution in [0.1, 0.15) is 48.5 Å². The van der Waals surface area contributed by atoms with Crippen LogP contribution in [0.15, 0.2) is 42.5 Å². The molecule has 0 radical (unpaired) electrons. The maximum absolute atomic E-state index is 13.0. The van der Waals surface area contributed by atoms with Crippen LogP contribution in [0.5, 0.6) is 0 Å². The Morgan fingerprint density at radius 1 is 1.29 bits per heavy atom. The van der Waals surface area contributed by atoms with Gasteiger partial charge in [0.05, 0.1) is 0 Å². The molecular weight excluding hydrogens is 406 g/mol. The number of rotatable bonds is 5. The number of nitrogens with zero attached hydrogens (tertiary/aromatic N) is 4. The number of aryl methyl sites for hydroxylation is 1. The van der Waals surface area contributed by atoms with Crippen molar-refractivity contribution in [1.82, 2.24) is 24.2 Å². The summed E-state index contributed by atoms with van der Waals surface area (Å²) >= 11 is 5.33. The van der Waals surface area contributed by atoms with Crippen LogP contribution < -0.4 is 0 Å². The first-order chi connectivity index (χ1) is 15.0. The molecule has 1 aliphatic heterocycles. The summed E-state index contributed by atoms with van der Waals surface area (Å²) in [7, 11) is 0. The number of aromatic amines is 1. The molecule has 0 spiro atoms. The average Bonchev–Trinajstić information content (AvgIpc) is 3.30. The molecule has 31 heavy (non-hydrogen) atoms. The molecule has 4 rings (SSSR count). The maximum atomic E-state index is 13.0. The van der Waals surface area contributed by atoms with Crippen molar-refractivity contribution in [2.45, 2.75) is 46.1 Å². The van der Waals surface area contributed by atoms with E-state index in [9.17, 15) is 4.79 Å². The lowest BCUT2D eigenvalue weighted by Crippen LogP contribution is -2.38. The van der Waals surface area contributed by atoms with Crippen LogP contribution in [0.3, 0.4) is 0 Å². The van der Waals surface area contributed by atoms with Gasteiger partial charge < -0.3 is 14.0 Å². The molecule has 1 fully saturated rings. The number of aromatic nitrogens is 4. The molecule has 2 aromatic heterocycles. The van der Waals surface area contributed by atoms with Gasteiger partial charge in [-0.25, -0.2) is 0 Å². The van der Waals surface area contributed by atoms with Gasteiger partial charge in [-0.15, -0.1) is 0 Å². The van der Waals surface area contributed by atoms with E-state index in [1.165, 1.54) is 0 Å². The maximum Gasteiger partial charge on any atom is 0.246 e. The lowest BCUT2D eigenvalue weighted by atomic mass is 9.97. The van der Waals surface area contributed by atoms with Crippen molar-refractivity contribution in [2.75, 3.05) is 13.1 Å². The molecule has 1 unspecified atom stereocenters. The standard InChI is InChI=1S/C24H29N5OS/c1-4-28-23(25-26-24(28)31)20-9-8-14-27(16-20)22(30)13-12-19-15-17(2)29(18(19)3)21-10-6-5-7-11-21/h5-7,10-13,15,20H,4,8-9,14,16H2,1-3H3,(H,26,31)/b13-12+. The van der Waals surface area contributed by atoms with Crippen molar-refractivity contribution in [1.29, 1.82) is 0 Å². The van der Waals surface area contributed by atoms with E-state index in [-0.39, 0.29) is 11.8 Å². The fourth-order valence-corrected chi connectivity index (χ4v) is 4.80. The predicted molar refractivity (Wildman–Crippen MR) is 126 cm³/mol. The number of nitrogens with one attached hydrogen (secondary N) is 1. The molecule has 3 heterocycles. The van der Waals surface area contributed by atoms with Gasteiger partial charge in [0, 0.05) is 48.7 Å². The van der Waals surface area contributed by atoms with Crippen molar-refractivity contribution in [3.05, 3.63) is 70.0 Å². The van der Waals surface area contributed by atoms with Gasteiger partial charge in [0.1, 0.15) is 5.82 Å². The Hall–Kier alpha value is -2.93. The van der Waals surface area contributed by atoms with E-state index >= 15 is 0 Å². The summed E-state index contributed by atoms with van der Waals surface area (Å²) in [6.07, 6.45) is 5.63. The van der Waals surface area contributed by atoms with Crippen molar-refractivity contribution in [3.8, 4) is 5.69 Å². The molecule has 3 aromatic rings. The van der Waals surface area contributed by atoms with E-state index in [0.29, 0.717) is 11.3 Å². The third-order valence-electron chi connectivity index (χ3n) is 6.09. The molecule has 1 atom stereocenters. The molecule has 1 amide bonds. The third kappa shape index (κ3) is 4.28. The van der Waals surface area contributed by atoms with Gasteiger partial charge >= 0.3 is 0 Å². The minimum Gasteiger partial charge on any atom is -0.338 e. The molecule has 1 N–H and O–H groups in total. The van der Waals surface area contributed by atoms with Crippen LogP contribution in [0.4, 0.5) is 0 Å². The second-order valence-corrected chi connectivity index (χ2v) is 8.47. The van der Waals surface area contributed by atoms with Crippen molar-refractivity contribution >= 4 is 24.2 Å². The van der Waals surface area contributed by atoms with E-state index in [4.69, 9.17) is 12.2 Å².